The normalized spacial score (nSPS) is 11.6. The van der Waals surface area contributed by atoms with Gasteiger partial charge in [0.15, 0.2) is 0 Å². The molecule has 2 N–H and O–H groups in total. The molecule has 1 aromatic carbocycles. The summed E-state index contributed by atoms with van der Waals surface area (Å²) in [5.74, 6) is 0.165. The number of aromatic nitrogens is 1. The molecule has 0 aliphatic heterocycles. The maximum absolute atomic E-state index is 12.2. The summed E-state index contributed by atoms with van der Waals surface area (Å²) in [6, 6.07) is 5.01. The van der Waals surface area contributed by atoms with Crippen molar-refractivity contribution in [2.75, 3.05) is 11.4 Å². The van der Waals surface area contributed by atoms with Crippen molar-refractivity contribution in [2.45, 2.75) is 33.3 Å². The van der Waals surface area contributed by atoms with Crippen LogP contribution in [-0.4, -0.2) is 28.3 Å². The van der Waals surface area contributed by atoms with Crippen LogP contribution in [0.1, 0.15) is 27.7 Å². The Kier molecular flexibility index (Phi) is 3.61. The molecule has 0 atom stereocenters. The number of H-pyrrole nitrogens is 1. The van der Waals surface area contributed by atoms with E-state index in [1.807, 2.05) is 27.7 Å². The van der Waals surface area contributed by atoms with Crippen molar-refractivity contribution in [3.63, 3.8) is 0 Å². The van der Waals surface area contributed by atoms with Crippen molar-refractivity contribution in [2.24, 2.45) is 0 Å². The minimum Gasteiger partial charge on any atom is -0.508 e. The van der Waals surface area contributed by atoms with Gasteiger partial charge in [0.25, 0.3) is 0 Å². The number of carbonyl (C=O) groups is 1. The van der Waals surface area contributed by atoms with Crippen LogP contribution in [0.15, 0.2) is 24.4 Å². The smallest absolute Gasteiger partial charge is 0.414 e. The number of fused-ring (bicyclic) bond motifs is 1. The minimum absolute atomic E-state index is 0.165. The van der Waals surface area contributed by atoms with Gasteiger partial charge in [0.05, 0.1) is 5.69 Å². The van der Waals surface area contributed by atoms with Crippen LogP contribution in [0.2, 0.25) is 0 Å². The molecule has 0 radical (unpaired) electrons. The monoisotopic (exact) mass is 276 g/mol. The van der Waals surface area contributed by atoms with Crippen LogP contribution in [-0.2, 0) is 4.74 Å². The number of hydrogen-bond acceptors (Lipinski definition) is 3. The topological polar surface area (TPSA) is 65.6 Å². The van der Waals surface area contributed by atoms with Crippen molar-refractivity contribution in [1.29, 1.82) is 0 Å². The predicted molar refractivity (Wildman–Crippen MR) is 79.2 cm³/mol. The zero-order valence-corrected chi connectivity index (χ0v) is 12.2. The molecule has 1 amide bonds. The molecule has 0 aliphatic carbocycles. The average molecular weight is 276 g/mol. The van der Waals surface area contributed by atoms with Gasteiger partial charge < -0.3 is 14.8 Å². The lowest BCUT2D eigenvalue weighted by Crippen LogP contribution is -2.36. The van der Waals surface area contributed by atoms with E-state index < -0.39 is 11.7 Å². The van der Waals surface area contributed by atoms with E-state index in [4.69, 9.17) is 4.74 Å². The Bertz CT molecular complexity index is 626. The lowest BCUT2D eigenvalue weighted by Gasteiger charge is -2.26. The second-order valence-corrected chi connectivity index (χ2v) is 5.63. The number of hydrogen-bond donors (Lipinski definition) is 2. The van der Waals surface area contributed by atoms with Crippen LogP contribution in [0.5, 0.6) is 5.75 Å². The molecular formula is C15H20N2O3. The molecule has 5 nitrogen and oxygen atoms in total. The van der Waals surface area contributed by atoms with Gasteiger partial charge in [0, 0.05) is 23.6 Å². The fourth-order valence-corrected chi connectivity index (χ4v) is 2.03. The maximum atomic E-state index is 12.2. The Balaban J connectivity index is 2.39. The first-order valence-electron chi connectivity index (χ1n) is 6.62. The third-order valence-corrected chi connectivity index (χ3v) is 2.86. The van der Waals surface area contributed by atoms with Crippen molar-refractivity contribution in [1.82, 2.24) is 4.98 Å². The Morgan fingerprint density at radius 3 is 2.70 bits per heavy atom. The summed E-state index contributed by atoms with van der Waals surface area (Å²) in [5.41, 5.74) is 1.02. The highest BCUT2D eigenvalue weighted by atomic mass is 16.6. The number of nitrogens with zero attached hydrogens (tertiary/aromatic N) is 1. The molecule has 0 saturated carbocycles. The summed E-state index contributed by atoms with van der Waals surface area (Å²) in [6.07, 6.45) is 1.35. The summed E-state index contributed by atoms with van der Waals surface area (Å²) in [5, 5.41) is 10.4. The number of carbonyl (C=O) groups excluding carboxylic acids is 1. The highest BCUT2D eigenvalue weighted by Gasteiger charge is 2.24. The molecule has 0 saturated heterocycles. The summed E-state index contributed by atoms with van der Waals surface area (Å²) in [7, 11) is 0. The van der Waals surface area contributed by atoms with E-state index in [2.05, 4.69) is 4.98 Å². The third-order valence-electron chi connectivity index (χ3n) is 2.86. The Hall–Kier alpha value is -2.17. The van der Waals surface area contributed by atoms with Crippen LogP contribution < -0.4 is 4.90 Å². The second-order valence-electron chi connectivity index (χ2n) is 5.63. The quantitative estimate of drug-likeness (QED) is 0.880. The largest absolute Gasteiger partial charge is 0.508 e. The highest BCUT2D eigenvalue weighted by Crippen LogP contribution is 2.30. The average Bonchev–Trinajstić information content (AvgIpc) is 2.71. The number of rotatable bonds is 2. The summed E-state index contributed by atoms with van der Waals surface area (Å²) in [6.45, 7) is 7.86. The Labute approximate surface area is 118 Å². The first-order chi connectivity index (χ1) is 9.31. The van der Waals surface area contributed by atoms with E-state index in [0.29, 0.717) is 12.2 Å². The molecule has 0 spiro atoms. The zero-order valence-electron chi connectivity index (χ0n) is 12.2. The number of aromatic amines is 1. The lowest BCUT2D eigenvalue weighted by atomic mass is 10.2. The minimum atomic E-state index is -0.543. The summed E-state index contributed by atoms with van der Waals surface area (Å²) < 4.78 is 5.40. The van der Waals surface area contributed by atoms with Gasteiger partial charge in [-0.05, 0) is 45.9 Å². The van der Waals surface area contributed by atoms with E-state index in [-0.39, 0.29) is 5.75 Å². The molecule has 0 bridgehead atoms. The number of amides is 1. The molecule has 5 heteroatoms. The number of ether oxygens (including phenoxy) is 1. The second kappa shape index (κ2) is 5.07. The number of benzene rings is 1. The number of phenols is 1. The zero-order chi connectivity index (χ0) is 14.9. The van der Waals surface area contributed by atoms with Gasteiger partial charge in [0.2, 0.25) is 0 Å². The fourth-order valence-electron chi connectivity index (χ4n) is 2.03. The van der Waals surface area contributed by atoms with Gasteiger partial charge in [-0.25, -0.2) is 4.79 Å². The van der Waals surface area contributed by atoms with Crippen LogP contribution in [0.25, 0.3) is 10.9 Å². The number of aromatic hydroxyl groups is 1. The van der Waals surface area contributed by atoms with E-state index in [0.717, 1.165) is 10.9 Å². The molecule has 2 aromatic rings. The van der Waals surface area contributed by atoms with Gasteiger partial charge in [-0.15, -0.1) is 0 Å². The molecule has 0 unspecified atom stereocenters. The first kappa shape index (κ1) is 14.2. The third kappa shape index (κ3) is 2.87. The van der Waals surface area contributed by atoms with Crippen LogP contribution in [0.3, 0.4) is 0 Å². The molecular weight excluding hydrogens is 256 g/mol. The number of anilines is 1. The highest BCUT2D eigenvalue weighted by molar-refractivity contribution is 6.01. The predicted octanol–water partition coefficient (Wildman–Crippen LogP) is 3.63. The van der Waals surface area contributed by atoms with Crippen molar-refractivity contribution in [3.8, 4) is 5.75 Å². The summed E-state index contributed by atoms with van der Waals surface area (Å²) >= 11 is 0. The number of phenolic OH excluding ortho intramolecular Hbond substituents is 1. The molecule has 1 heterocycles. The molecule has 20 heavy (non-hydrogen) atoms. The first-order valence-corrected chi connectivity index (χ1v) is 6.62. The van der Waals surface area contributed by atoms with Crippen LogP contribution in [0, 0.1) is 0 Å². The van der Waals surface area contributed by atoms with Crippen molar-refractivity contribution in [3.05, 3.63) is 24.4 Å². The van der Waals surface area contributed by atoms with Crippen molar-refractivity contribution >= 4 is 22.7 Å². The standard InChI is InChI=1S/C15H20N2O3/c1-5-17(14(19)20-15(2,3)4)13-9-16-12-7-6-10(18)8-11(12)13/h6-9,16,18H,5H2,1-4H3. The van der Waals surface area contributed by atoms with Gasteiger partial charge in [-0.3, -0.25) is 4.90 Å². The molecule has 108 valence electrons. The van der Waals surface area contributed by atoms with E-state index >= 15 is 0 Å². The van der Waals surface area contributed by atoms with Crippen molar-refractivity contribution < 1.29 is 14.6 Å². The fraction of sp³-hybridized carbons (Fsp3) is 0.400. The van der Waals surface area contributed by atoms with Gasteiger partial charge in [-0.2, -0.15) is 0 Å². The van der Waals surface area contributed by atoms with E-state index in [9.17, 15) is 9.90 Å². The van der Waals surface area contributed by atoms with Gasteiger partial charge in [0.1, 0.15) is 11.4 Å². The lowest BCUT2D eigenvalue weighted by molar-refractivity contribution is 0.0582. The molecule has 0 aliphatic rings. The Morgan fingerprint density at radius 2 is 2.10 bits per heavy atom. The Morgan fingerprint density at radius 1 is 1.40 bits per heavy atom. The maximum Gasteiger partial charge on any atom is 0.414 e. The van der Waals surface area contributed by atoms with Gasteiger partial charge in [-0.1, -0.05) is 0 Å². The van der Waals surface area contributed by atoms with E-state index in [1.165, 1.54) is 0 Å². The van der Waals surface area contributed by atoms with Crippen LogP contribution >= 0.6 is 0 Å². The SMILES string of the molecule is CCN(C(=O)OC(C)(C)C)c1c[nH]c2ccc(O)cc12. The van der Waals surface area contributed by atoms with Crippen LogP contribution in [0.4, 0.5) is 10.5 Å². The van der Waals surface area contributed by atoms with E-state index in [1.54, 1.807) is 29.3 Å². The molecule has 2 rings (SSSR count). The van der Waals surface area contributed by atoms with Gasteiger partial charge >= 0.3 is 6.09 Å². The molecule has 0 fully saturated rings. The summed E-state index contributed by atoms with van der Waals surface area (Å²) in [4.78, 5) is 16.9. The number of nitrogens with one attached hydrogen (secondary N) is 1. The molecule has 1 aromatic heterocycles.